The number of ketones is 1. The van der Waals surface area contributed by atoms with Crippen LogP contribution in [0.1, 0.15) is 20.3 Å². The second-order valence-electron chi connectivity index (χ2n) is 10.6. The Bertz CT molecular complexity index is 1370. The molecule has 4 aliphatic rings. The molecule has 0 radical (unpaired) electrons. The van der Waals surface area contributed by atoms with Crippen molar-refractivity contribution in [1.29, 1.82) is 0 Å². The van der Waals surface area contributed by atoms with Crippen LogP contribution in [0.5, 0.6) is 0 Å². The van der Waals surface area contributed by atoms with Gasteiger partial charge in [0.2, 0.25) is 5.91 Å². The topological polar surface area (TPSA) is 144 Å². The summed E-state index contributed by atoms with van der Waals surface area (Å²) in [4.78, 5) is 74.4. The number of carbonyl (C=O) groups is 4. The number of hydrogen-bond donors (Lipinski definition) is 1. The van der Waals surface area contributed by atoms with Gasteiger partial charge in [0.1, 0.15) is 23.5 Å². The number of carbonyl (C=O) groups excluding carboxylic acids is 4. The molecule has 1 aliphatic carbocycles. The quantitative estimate of drug-likeness (QED) is 0.550. The number of piperidine rings is 1. The Kier molecular flexibility index (Phi) is 6.00. The molecular formula is C26H29N9O4. The largest absolute Gasteiger partial charge is 0.356 e. The Morgan fingerprint density at radius 3 is 2.59 bits per heavy atom. The van der Waals surface area contributed by atoms with Gasteiger partial charge in [-0.25, -0.2) is 24.7 Å². The Hall–Kier alpha value is -4.42. The average molecular weight is 532 g/mol. The van der Waals surface area contributed by atoms with Gasteiger partial charge in [0, 0.05) is 38.1 Å². The number of rotatable bonds is 7. The minimum absolute atomic E-state index is 0.300. The lowest BCUT2D eigenvalue weighted by molar-refractivity contribution is -0.141. The fourth-order valence-electron chi connectivity index (χ4n) is 5.51. The molecule has 2 aromatic heterocycles. The molecule has 3 aliphatic heterocycles. The number of aliphatic imine (C=N–C) groups is 1. The van der Waals surface area contributed by atoms with Crippen molar-refractivity contribution < 1.29 is 19.2 Å². The van der Waals surface area contributed by atoms with Crippen LogP contribution < -0.4 is 10.2 Å². The molecule has 3 fully saturated rings. The van der Waals surface area contributed by atoms with E-state index in [0.717, 1.165) is 41.2 Å². The predicted molar refractivity (Wildman–Crippen MR) is 141 cm³/mol. The summed E-state index contributed by atoms with van der Waals surface area (Å²) in [5, 5.41) is 2.79. The molecule has 13 heteroatoms. The van der Waals surface area contributed by atoms with E-state index in [-0.39, 0.29) is 12.3 Å². The number of pyridine rings is 1. The smallest absolute Gasteiger partial charge is 0.328 e. The number of anilines is 2. The van der Waals surface area contributed by atoms with Crippen molar-refractivity contribution in [2.45, 2.75) is 38.5 Å². The minimum atomic E-state index is -0.917. The van der Waals surface area contributed by atoms with E-state index in [2.05, 4.69) is 30.2 Å². The van der Waals surface area contributed by atoms with Crippen molar-refractivity contribution in [1.82, 2.24) is 29.7 Å². The summed E-state index contributed by atoms with van der Waals surface area (Å²) in [7, 11) is 1.52. The van der Waals surface area contributed by atoms with E-state index in [1.165, 1.54) is 36.5 Å². The highest BCUT2D eigenvalue weighted by Crippen LogP contribution is 2.45. The molecule has 2 saturated heterocycles. The SMILES string of the molecule is CC(=O)CN1C(=O)C2C(N=CN2[C@@H](C)C(=O)Nc2ccnc(-c3ccc(N4CC5CC5C4)nc3)n2)N(C)C1=O. The van der Waals surface area contributed by atoms with Crippen LogP contribution in [0.2, 0.25) is 0 Å². The molecule has 4 amide bonds. The minimum Gasteiger partial charge on any atom is -0.356 e. The van der Waals surface area contributed by atoms with Crippen molar-refractivity contribution in [3.05, 3.63) is 30.6 Å². The van der Waals surface area contributed by atoms with Gasteiger partial charge in [0.05, 0.1) is 12.9 Å². The first-order chi connectivity index (χ1) is 18.7. The summed E-state index contributed by atoms with van der Waals surface area (Å²) < 4.78 is 0. The van der Waals surface area contributed by atoms with E-state index >= 15 is 0 Å². The molecule has 1 N–H and O–H groups in total. The molecular weight excluding hydrogens is 502 g/mol. The maximum atomic E-state index is 13.2. The number of imide groups is 1. The van der Waals surface area contributed by atoms with Gasteiger partial charge in [-0.15, -0.1) is 0 Å². The third-order valence-corrected chi connectivity index (χ3v) is 7.83. The maximum Gasteiger partial charge on any atom is 0.328 e. The zero-order valence-electron chi connectivity index (χ0n) is 21.9. The lowest BCUT2D eigenvalue weighted by Gasteiger charge is -2.41. The van der Waals surface area contributed by atoms with E-state index in [1.807, 2.05) is 12.1 Å². The van der Waals surface area contributed by atoms with E-state index in [4.69, 9.17) is 0 Å². The van der Waals surface area contributed by atoms with Crippen LogP contribution in [-0.2, 0) is 14.4 Å². The number of hydrogen-bond acceptors (Lipinski definition) is 10. The fourth-order valence-corrected chi connectivity index (χ4v) is 5.51. The first-order valence-electron chi connectivity index (χ1n) is 12.9. The molecule has 0 bridgehead atoms. The first-order valence-corrected chi connectivity index (χ1v) is 12.9. The maximum absolute atomic E-state index is 13.2. The average Bonchev–Trinajstić information content (AvgIpc) is 3.31. The Morgan fingerprint density at radius 1 is 1.13 bits per heavy atom. The lowest BCUT2D eigenvalue weighted by Crippen LogP contribution is -2.66. The summed E-state index contributed by atoms with van der Waals surface area (Å²) in [5.74, 6) is 1.99. The highest BCUT2D eigenvalue weighted by atomic mass is 16.2. The second-order valence-corrected chi connectivity index (χ2v) is 10.6. The number of Topliss-reactive ketones (excluding diaryl/α,β-unsaturated/α-hetero) is 1. The van der Waals surface area contributed by atoms with E-state index in [9.17, 15) is 19.2 Å². The molecule has 0 aromatic carbocycles. The molecule has 0 spiro atoms. The predicted octanol–water partition coefficient (Wildman–Crippen LogP) is 0.843. The van der Waals surface area contributed by atoms with Gasteiger partial charge < -0.3 is 20.0 Å². The number of nitrogens with zero attached hydrogens (tertiary/aromatic N) is 8. The molecule has 6 rings (SSSR count). The van der Waals surface area contributed by atoms with Gasteiger partial charge in [0.25, 0.3) is 5.91 Å². The van der Waals surface area contributed by atoms with Gasteiger partial charge in [-0.3, -0.25) is 19.3 Å². The number of likely N-dealkylation sites (N-methyl/N-ethyl adjacent to an activating group) is 1. The van der Waals surface area contributed by atoms with Crippen LogP contribution in [0, 0.1) is 11.8 Å². The molecule has 13 nitrogen and oxygen atoms in total. The Labute approximate surface area is 224 Å². The molecule has 1 saturated carbocycles. The van der Waals surface area contributed by atoms with Crippen LogP contribution in [0.15, 0.2) is 35.6 Å². The van der Waals surface area contributed by atoms with Crippen LogP contribution in [0.4, 0.5) is 16.4 Å². The zero-order valence-corrected chi connectivity index (χ0v) is 21.9. The van der Waals surface area contributed by atoms with Crippen molar-refractivity contribution in [3.63, 3.8) is 0 Å². The van der Waals surface area contributed by atoms with Crippen LogP contribution in [-0.4, -0.2) is 105 Å². The third-order valence-electron chi connectivity index (χ3n) is 7.83. The number of urea groups is 1. The van der Waals surface area contributed by atoms with Crippen LogP contribution in [0.3, 0.4) is 0 Å². The zero-order chi connectivity index (χ0) is 27.4. The summed E-state index contributed by atoms with van der Waals surface area (Å²) in [6.45, 7) is 4.72. The standard InChI is InChI=1S/C26H29N9O4/c1-14(36)10-34-25(38)21-23(32(3)26(34)39)29-13-35(21)15(2)24(37)31-19-6-7-27-22(30-19)16-4-5-20(28-9-16)33-11-17-8-18(17)12-33/h4-7,9,13,15,17-18,21,23H,8,10-12H2,1-3H3,(H,27,30,31,37)/t15-,17?,18?,21?,23?/m0/s1. The van der Waals surface area contributed by atoms with E-state index < -0.39 is 36.1 Å². The van der Waals surface area contributed by atoms with Crippen molar-refractivity contribution >= 4 is 41.6 Å². The monoisotopic (exact) mass is 531 g/mol. The van der Waals surface area contributed by atoms with E-state index in [0.29, 0.717) is 11.6 Å². The van der Waals surface area contributed by atoms with Crippen LogP contribution in [0.25, 0.3) is 11.4 Å². The Morgan fingerprint density at radius 2 is 1.90 bits per heavy atom. The summed E-state index contributed by atoms with van der Waals surface area (Å²) in [6, 6.07) is 3.15. The molecule has 39 heavy (non-hydrogen) atoms. The van der Waals surface area contributed by atoms with Gasteiger partial charge in [-0.1, -0.05) is 0 Å². The normalized spacial score (nSPS) is 26.0. The Balaban J connectivity index is 1.14. The van der Waals surface area contributed by atoms with Crippen molar-refractivity contribution in [3.8, 4) is 11.4 Å². The first kappa shape index (κ1) is 24.9. The number of fused-ring (bicyclic) bond motifs is 2. The van der Waals surface area contributed by atoms with Crippen molar-refractivity contribution in [2.75, 3.05) is 36.9 Å². The second kappa shape index (κ2) is 9.40. The van der Waals surface area contributed by atoms with Gasteiger partial charge in [-0.05, 0) is 50.3 Å². The molecule has 202 valence electrons. The molecule has 5 atom stereocenters. The molecule has 4 unspecified atom stereocenters. The highest BCUT2D eigenvalue weighted by Gasteiger charge is 2.51. The third kappa shape index (κ3) is 4.47. The van der Waals surface area contributed by atoms with Crippen LogP contribution >= 0.6 is 0 Å². The van der Waals surface area contributed by atoms with E-state index in [1.54, 1.807) is 25.4 Å². The van der Waals surface area contributed by atoms with Gasteiger partial charge in [0.15, 0.2) is 18.0 Å². The van der Waals surface area contributed by atoms with Crippen molar-refractivity contribution in [2.24, 2.45) is 16.8 Å². The lowest BCUT2D eigenvalue weighted by atomic mass is 10.1. The summed E-state index contributed by atoms with van der Waals surface area (Å²) >= 11 is 0. The number of nitrogens with one attached hydrogen (secondary N) is 1. The summed E-state index contributed by atoms with van der Waals surface area (Å²) in [6.07, 6.45) is 5.25. The summed E-state index contributed by atoms with van der Waals surface area (Å²) in [5.41, 5.74) is 0.729. The molecule has 5 heterocycles. The van der Waals surface area contributed by atoms with Gasteiger partial charge >= 0.3 is 6.03 Å². The molecule has 2 aromatic rings. The fraction of sp³-hybridized carbons (Fsp3) is 0.462. The van der Waals surface area contributed by atoms with Gasteiger partial charge in [-0.2, -0.15) is 0 Å². The highest BCUT2D eigenvalue weighted by molar-refractivity contribution is 6.05. The number of amides is 4. The number of aromatic nitrogens is 3.